The number of nitrogens with one attached hydrogen (secondary N) is 2. The van der Waals surface area contributed by atoms with Gasteiger partial charge in [-0.1, -0.05) is 6.92 Å². The van der Waals surface area contributed by atoms with Crippen LogP contribution in [0.1, 0.15) is 54.9 Å². The second-order valence-corrected chi connectivity index (χ2v) is 8.42. The summed E-state index contributed by atoms with van der Waals surface area (Å²) in [5, 5.41) is 5.69. The molecule has 1 atom stereocenters. The number of hydrogen-bond acceptors (Lipinski definition) is 4. The summed E-state index contributed by atoms with van der Waals surface area (Å²) in [6, 6.07) is 0. The Morgan fingerprint density at radius 3 is 2.70 bits per heavy atom. The van der Waals surface area contributed by atoms with Crippen LogP contribution in [0.2, 0.25) is 0 Å². The van der Waals surface area contributed by atoms with E-state index in [0.29, 0.717) is 29.6 Å². The van der Waals surface area contributed by atoms with Gasteiger partial charge in [-0.15, -0.1) is 11.3 Å². The number of anilines is 1. The minimum atomic E-state index is -0.311. The van der Waals surface area contributed by atoms with Crippen molar-refractivity contribution in [3.05, 3.63) is 16.0 Å². The Balaban J connectivity index is 2.00. The van der Waals surface area contributed by atoms with Crippen LogP contribution in [-0.2, 0) is 22.4 Å². The maximum atomic E-state index is 12.5. The average molecular weight is 398 g/mol. The normalized spacial score (nSPS) is 16.3. The summed E-state index contributed by atoms with van der Waals surface area (Å²) in [5.41, 5.74) is 1.67. The Kier molecular flexibility index (Phi) is 8.73. The van der Waals surface area contributed by atoms with Crippen molar-refractivity contribution in [2.75, 3.05) is 44.6 Å². The molecule has 0 fully saturated rings. The molecule has 0 aliphatic heterocycles. The molecule has 0 unspecified atom stereocenters. The van der Waals surface area contributed by atoms with Crippen LogP contribution in [0.5, 0.6) is 0 Å². The fourth-order valence-electron chi connectivity index (χ4n) is 3.58. The molecule has 0 radical (unpaired) electrons. The van der Waals surface area contributed by atoms with Gasteiger partial charge in [-0.05, 0) is 51.5 Å². The largest absolute Gasteiger partial charge is 0.462 e. The van der Waals surface area contributed by atoms with Crippen LogP contribution in [0.3, 0.4) is 0 Å². The monoisotopic (exact) mass is 397 g/mol. The van der Waals surface area contributed by atoms with Crippen LogP contribution >= 0.6 is 11.3 Å². The van der Waals surface area contributed by atoms with Gasteiger partial charge in [-0.2, -0.15) is 0 Å². The highest BCUT2D eigenvalue weighted by Gasteiger charge is 2.29. The molecule has 0 bridgehead atoms. The topological polar surface area (TPSA) is 76.4 Å². The highest BCUT2D eigenvalue weighted by Crippen LogP contribution is 2.40. The van der Waals surface area contributed by atoms with Crippen LogP contribution < -0.4 is 15.5 Å². The molecule has 1 amide bonds. The van der Waals surface area contributed by atoms with E-state index in [-0.39, 0.29) is 11.9 Å². The van der Waals surface area contributed by atoms with Gasteiger partial charge in [0.05, 0.1) is 25.3 Å². The van der Waals surface area contributed by atoms with E-state index in [1.807, 2.05) is 12.2 Å². The van der Waals surface area contributed by atoms with Crippen LogP contribution in [0.15, 0.2) is 0 Å². The fourth-order valence-corrected chi connectivity index (χ4v) is 4.99. The van der Waals surface area contributed by atoms with Gasteiger partial charge in [-0.3, -0.25) is 4.79 Å². The molecule has 1 aliphatic rings. The number of thiophene rings is 1. The first-order valence-electron chi connectivity index (χ1n) is 10.3. The van der Waals surface area contributed by atoms with Crippen molar-refractivity contribution in [3.8, 4) is 0 Å². The molecule has 4 N–H and O–H groups in total. The zero-order valence-electron chi connectivity index (χ0n) is 17.2. The van der Waals surface area contributed by atoms with E-state index in [4.69, 9.17) is 4.74 Å². The molecule has 27 heavy (non-hydrogen) atoms. The molecular formula is C20H35N3O3S+2. The van der Waals surface area contributed by atoms with Crippen LogP contribution in [0, 0.1) is 5.92 Å². The van der Waals surface area contributed by atoms with E-state index < -0.39 is 0 Å². The van der Waals surface area contributed by atoms with E-state index >= 15 is 0 Å². The van der Waals surface area contributed by atoms with E-state index in [1.165, 1.54) is 9.78 Å². The predicted octanol–water partition coefficient (Wildman–Crippen LogP) is 0.476. The molecule has 0 saturated carbocycles. The van der Waals surface area contributed by atoms with E-state index in [0.717, 1.165) is 51.0 Å². The molecule has 1 aliphatic carbocycles. The first-order chi connectivity index (χ1) is 13.0. The standard InChI is InChI=1S/C20H33N3O3S/c1-5-23(6-2)11-10-21-13-17(24)22-19-18(20(25)26-7-3)15-9-8-14(4)12-16(15)27-19/h14,21H,5-13H2,1-4H3,(H,22,24)/p+2/t14-/m0/s1. The lowest BCUT2D eigenvalue weighted by molar-refractivity contribution is -0.908. The summed E-state index contributed by atoms with van der Waals surface area (Å²) >= 11 is 1.55. The molecule has 2 rings (SSSR count). The van der Waals surface area contributed by atoms with Crippen molar-refractivity contribution >= 4 is 28.2 Å². The van der Waals surface area contributed by atoms with Gasteiger partial charge in [0.2, 0.25) is 0 Å². The summed E-state index contributed by atoms with van der Waals surface area (Å²) in [4.78, 5) is 27.7. The van der Waals surface area contributed by atoms with Crippen molar-refractivity contribution in [1.29, 1.82) is 0 Å². The van der Waals surface area contributed by atoms with E-state index in [2.05, 4.69) is 26.1 Å². The second kappa shape index (κ2) is 10.8. The fraction of sp³-hybridized carbons (Fsp3) is 0.700. The predicted molar refractivity (Wildman–Crippen MR) is 109 cm³/mol. The Hall–Kier alpha value is -1.44. The zero-order valence-corrected chi connectivity index (χ0v) is 18.0. The van der Waals surface area contributed by atoms with Crippen LogP contribution in [-0.4, -0.2) is 51.2 Å². The number of ether oxygens (including phenoxy) is 1. The number of amides is 1. The molecular weight excluding hydrogens is 362 g/mol. The number of nitrogens with two attached hydrogens (primary N) is 1. The van der Waals surface area contributed by atoms with Crippen molar-refractivity contribution in [2.24, 2.45) is 5.92 Å². The summed E-state index contributed by atoms with van der Waals surface area (Å²) in [6.45, 7) is 13.3. The molecule has 1 heterocycles. The number of fused-ring (bicyclic) bond motifs is 1. The third-order valence-electron chi connectivity index (χ3n) is 5.28. The van der Waals surface area contributed by atoms with Gasteiger partial charge in [0.25, 0.3) is 5.91 Å². The number of carbonyl (C=O) groups is 2. The number of likely N-dealkylation sites (N-methyl/N-ethyl adjacent to an activating group) is 1. The third kappa shape index (κ3) is 6.02. The van der Waals surface area contributed by atoms with Crippen molar-refractivity contribution < 1.29 is 24.5 Å². The average Bonchev–Trinajstić information content (AvgIpc) is 2.98. The molecule has 0 saturated heterocycles. The van der Waals surface area contributed by atoms with Crippen molar-refractivity contribution in [3.63, 3.8) is 0 Å². The van der Waals surface area contributed by atoms with Gasteiger partial charge >= 0.3 is 5.97 Å². The maximum absolute atomic E-state index is 12.5. The Morgan fingerprint density at radius 1 is 1.30 bits per heavy atom. The van der Waals surface area contributed by atoms with Crippen molar-refractivity contribution in [2.45, 2.75) is 47.0 Å². The van der Waals surface area contributed by atoms with Gasteiger partial charge in [0.15, 0.2) is 6.54 Å². The summed E-state index contributed by atoms with van der Waals surface area (Å²) in [5.74, 6) is 0.251. The lowest BCUT2D eigenvalue weighted by atomic mass is 9.88. The number of carbonyl (C=O) groups excluding carboxylic acids is 2. The number of esters is 1. The molecule has 1 aromatic rings. The number of hydrogen-bond donors (Lipinski definition) is 3. The van der Waals surface area contributed by atoms with E-state index in [1.54, 1.807) is 11.3 Å². The summed E-state index contributed by atoms with van der Waals surface area (Å²) in [6.07, 6.45) is 2.93. The third-order valence-corrected chi connectivity index (χ3v) is 6.45. The molecule has 152 valence electrons. The first kappa shape index (κ1) is 21.9. The Labute approximate surface area is 166 Å². The molecule has 0 aromatic carbocycles. The maximum Gasteiger partial charge on any atom is 0.341 e. The number of quaternary nitrogens is 2. The molecule has 1 aromatic heterocycles. The Bertz CT molecular complexity index is 641. The smallest absolute Gasteiger partial charge is 0.341 e. The van der Waals surface area contributed by atoms with Gasteiger partial charge in [0, 0.05) is 4.88 Å². The lowest BCUT2D eigenvalue weighted by Crippen LogP contribution is -3.14. The number of rotatable bonds is 10. The molecule has 6 nitrogen and oxygen atoms in total. The molecule has 0 spiro atoms. The summed E-state index contributed by atoms with van der Waals surface area (Å²) < 4.78 is 5.26. The van der Waals surface area contributed by atoms with Crippen LogP contribution in [0.4, 0.5) is 5.00 Å². The quantitative estimate of drug-likeness (QED) is 0.397. The first-order valence-corrected chi connectivity index (χ1v) is 11.1. The lowest BCUT2D eigenvalue weighted by Gasteiger charge is -2.18. The minimum Gasteiger partial charge on any atom is -0.462 e. The molecule has 7 heteroatoms. The van der Waals surface area contributed by atoms with E-state index in [9.17, 15) is 9.59 Å². The highest BCUT2D eigenvalue weighted by molar-refractivity contribution is 7.17. The van der Waals surface area contributed by atoms with Crippen molar-refractivity contribution in [1.82, 2.24) is 0 Å². The minimum absolute atomic E-state index is 0.0539. The second-order valence-electron chi connectivity index (χ2n) is 7.31. The Morgan fingerprint density at radius 2 is 2.04 bits per heavy atom. The van der Waals surface area contributed by atoms with Gasteiger partial charge in [-0.25, -0.2) is 4.79 Å². The van der Waals surface area contributed by atoms with Gasteiger partial charge in [0.1, 0.15) is 18.1 Å². The van der Waals surface area contributed by atoms with Crippen LogP contribution in [0.25, 0.3) is 0 Å². The van der Waals surface area contributed by atoms with Gasteiger partial charge < -0.3 is 20.3 Å². The summed E-state index contributed by atoms with van der Waals surface area (Å²) in [7, 11) is 0. The zero-order chi connectivity index (χ0) is 19.8. The SMILES string of the molecule is CCOC(=O)c1c(NC(=O)C[NH2+]CC[NH+](CC)CC)sc2c1CC[C@H](C)C2. The highest BCUT2D eigenvalue weighted by atomic mass is 32.1.